The Morgan fingerprint density at radius 1 is 0.692 bits per heavy atom. The van der Waals surface area contributed by atoms with Gasteiger partial charge in [0.05, 0.1) is 4.08 Å². The van der Waals surface area contributed by atoms with Crippen LogP contribution in [0.4, 0.5) is 0 Å². The second-order valence-corrected chi connectivity index (χ2v) is 56.2. The highest BCUT2D eigenvalue weighted by molar-refractivity contribution is 8.18. The Morgan fingerprint density at radius 3 is 1.54 bits per heavy atom. The molecular weight excluding hydrogens is 417 g/mol. The molecule has 0 N–H and O–H groups in total. The largest absolute Gasteiger partial charge is 0.144 e. The fourth-order valence-corrected chi connectivity index (χ4v) is 109. The Hall–Kier alpha value is 1.57. The molecule has 0 radical (unpaired) electrons. The minimum atomic E-state index is -1.11. The molecule has 0 aromatic rings. The second kappa shape index (κ2) is 9.58. The minimum absolute atomic E-state index is 0.573. The van der Waals surface area contributed by atoms with E-state index < -0.39 is 29.4 Å². The lowest BCUT2D eigenvalue weighted by atomic mass is 10.1. The summed E-state index contributed by atoms with van der Waals surface area (Å²) in [5.74, 6) is 2.80. The molecule has 1 heterocycles. The summed E-state index contributed by atoms with van der Waals surface area (Å²) < 4.78 is 0.573. The van der Waals surface area contributed by atoms with Gasteiger partial charge >= 0.3 is 0 Å². The third-order valence-corrected chi connectivity index (χ3v) is 85.3. The van der Waals surface area contributed by atoms with Crippen molar-refractivity contribution in [2.75, 3.05) is 11.5 Å². The van der Waals surface area contributed by atoms with E-state index in [4.69, 9.17) is 0 Å². The lowest BCUT2D eigenvalue weighted by molar-refractivity contribution is 0.605. The molecule has 26 heavy (non-hydrogen) atoms. The van der Waals surface area contributed by atoms with E-state index in [1.165, 1.54) is 43.6 Å². The van der Waals surface area contributed by atoms with Gasteiger partial charge in [-0.3, -0.25) is 0 Å². The quantitative estimate of drug-likeness (QED) is 0.236. The summed E-state index contributed by atoms with van der Waals surface area (Å²) in [7, 11) is -3.20. The molecule has 0 aromatic heterocycles. The van der Waals surface area contributed by atoms with E-state index in [9.17, 15) is 0 Å². The Bertz CT molecular complexity index is 391. The standard InChI is InChI=1S/C20H48S2Si4/c1-11-20(21-17-15-18-22-20)16-13-12-14-19-26(23(2,3)4,24(5,6)7)25(8,9)10/h11-19H2,1-10H3. The van der Waals surface area contributed by atoms with Crippen molar-refractivity contribution in [3.8, 4) is 0 Å². The summed E-state index contributed by atoms with van der Waals surface area (Å²) in [6, 6.07) is 1.67. The second-order valence-electron chi connectivity index (χ2n) is 11.5. The van der Waals surface area contributed by atoms with Crippen molar-refractivity contribution in [2.45, 2.75) is 114 Å². The number of hydrogen-bond acceptors (Lipinski definition) is 2. The van der Waals surface area contributed by atoms with E-state index >= 15 is 0 Å². The lowest BCUT2D eigenvalue weighted by Gasteiger charge is -2.58. The van der Waals surface area contributed by atoms with Crippen LogP contribution < -0.4 is 0 Å². The van der Waals surface area contributed by atoms with E-state index in [2.05, 4.69) is 89.4 Å². The van der Waals surface area contributed by atoms with Gasteiger partial charge in [0.25, 0.3) is 0 Å². The van der Waals surface area contributed by atoms with E-state index in [0.717, 1.165) is 0 Å². The van der Waals surface area contributed by atoms with Crippen LogP contribution in [0.5, 0.6) is 0 Å². The van der Waals surface area contributed by atoms with Gasteiger partial charge < -0.3 is 0 Å². The van der Waals surface area contributed by atoms with Crippen LogP contribution in [0.3, 0.4) is 0 Å². The Morgan fingerprint density at radius 2 is 1.15 bits per heavy atom. The van der Waals surface area contributed by atoms with Crippen LogP contribution in [0.15, 0.2) is 0 Å². The van der Waals surface area contributed by atoms with Crippen molar-refractivity contribution in [1.82, 2.24) is 0 Å². The monoisotopic (exact) mass is 464 g/mol. The van der Waals surface area contributed by atoms with Crippen LogP contribution in [-0.4, -0.2) is 45.0 Å². The average molecular weight is 465 g/mol. The van der Waals surface area contributed by atoms with Gasteiger partial charge in [-0.1, -0.05) is 91.2 Å². The molecule has 0 saturated carbocycles. The molecule has 0 aromatic carbocycles. The highest BCUT2D eigenvalue weighted by Gasteiger charge is 2.60. The third-order valence-electron chi connectivity index (χ3n) is 7.01. The predicted octanol–water partition coefficient (Wildman–Crippen LogP) is 8.22. The fourth-order valence-electron chi connectivity index (χ4n) is 6.60. The molecule has 1 saturated heterocycles. The molecule has 6 heteroatoms. The normalized spacial score (nSPS) is 19.6. The smallest absolute Gasteiger partial charge is 0.0608 e. The van der Waals surface area contributed by atoms with Crippen LogP contribution in [0.2, 0.25) is 65.0 Å². The highest BCUT2D eigenvalue weighted by atomic mass is 32.2. The first-order chi connectivity index (χ1) is 11.7. The van der Waals surface area contributed by atoms with Crippen molar-refractivity contribution >= 4 is 52.9 Å². The van der Waals surface area contributed by atoms with Gasteiger partial charge in [-0.15, -0.1) is 23.5 Å². The average Bonchev–Trinajstić information content (AvgIpc) is 2.47. The first-order valence-electron chi connectivity index (χ1n) is 11.0. The topological polar surface area (TPSA) is 0 Å². The molecule has 0 atom stereocenters. The molecule has 0 aliphatic carbocycles. The van der Waals surface area contributed by atoms with Gasteiger partial charge in [-0.25, -0.2) is 0 Å². The summed E-state index contributed by atoms with van der Waals surface area (Å²) in [5.41, 5.74) is 0. The molecule has 0 spiro atoms. The first kappa shape index (κ1) is 25.6. The summed E-state index contributed by atoms with van der Waals surface area (Å²) >= 11 is 4.56. The SMILES string of the molecule is CCC1(CCCCC[Si]([Si](C)(C)C)([Si](C)(C)C)[Si](C)(C)C)SCCCS1. The van der Waals surface area contributed by atoms with E-state index in [-0.39, 0.29) is 0 Å². The molecule has 1 fully saturated rings. The molecule has 0 amide bonds. The van der Waals surface area contributed by atoms with Gasteiger partial charge in [0.15, 0.2) is 0 Å². The van der Waals surface area contributed by atoms with Gasteiger partial charge in [-0.05, 0) is 30.8 Å². The van der Waals surface area contributed by atoms with Crippen molar-refractivity contribution in [3.63, 3.8) is 0 Å². The predicted molar refractivity (Wildman–Crippen MR) is 142 cm³/mol. The molecular formula is C20H48S2Si4. The number of thioether (sulfide) groups is 2. The van der Waals surface area contributed by atoms with Crippen molar-refractivity contribution in [3.05, 3.63) is 0 Å². The van der Waals surface area contributed by atoms with Crippen molar-refractivity contribution < 1.29 is 0 Å². The molecule has 0 bridgehead atoms. The third kappa shape index (κ3) is 5.80. The maximum atomic E-state index is 2.75. The van der Waals surface area contributed by atoms with Crippen molar-refractivity contribution in [2.24, 2.45) is 0 Å². The lowest BCUT2D eigenvalue weighted by Crippen LogP contribution is -2.82. The molecule has 1 aliphatic heterocycles. The summed E-state index contributed by atoms with van der Waals surface area (Å²) in [4.78, 5) is 0. The molecule has 0 nitrogen and oxygen atoms in total. The highest BCUT2D eigenvalue weighted by Crippen LogP contribution is 2.48. The first-order valence-corrected chi connectivity index (χ1v) is 28.7. The van der Waals surface area contributed by atoms with Crippen LogP contribution >= 0.6 is 23.5 Å². The van der Waals surface area contributed by atoms with E-state index in [1.54, 1.807) is 12.5 Å². The zero-order valence-corrected chi connectivity index (χ0v) is 25.3. The summed E-state index contributed by atoms with van der Waals surface area (Å²) in [6.07, 6.45) is 8.76. The van der Waals surface area contributed by atoms with Crippen molar-refractivity contribution in [1.29, 1.82) is 0 Å². The van der Waals surface area contributed by atoms with Crippen LogP contribution in [0, 0.1) is 0 Å². The fraction of sp³-hybridized carbons (Fsp3) is 1.00. The zero-order valence-electron chi connectivity index (χ0n) is 19.7. The molecule has 0 unspecified atom stereocenters. The van der Waals surface area contributed by atoms with Gasteiger partial charge in [0.1, 0.15) is 0 Å². The van der Waals surface area contributed by atoms with Gasteiger partial charge in [-0.2, -0.15) is 0 Å². The number of unbranched alkanes of at least 4 members (excludes halogenated alkanes) is 2. The van der Waals surface area contributed by atoms with Gasteiger partial charge in [0.2, 0.25) is 0 Å². The summed E-state index contributed by atoms with van der Waals surface area (Å²) in [6.45, 7) is 26.0. The van der Waals surface area contributed by atoms with Crippen LogP contribution in [0.25, 0.3) is 0 Å². The van der Waals surface area contributed by atoms with E-state index in [0.29, 0.717) is 4.08 Å². The van der Waals surface area contributed by atoms with E-state index in [1.807, 2.05) is 0 Å². The van der Waals surface area contributed by atoms with Gasteiger partial charge in [0, 0.05) is 29.4 Å². The molecule has 1 aliphatic rings. The number of rotatable bonds is 10. The van der Waals surface area contributed by atoms with Crippen LogP contribution in [-0.2, 0) is 0 Å². The zero-order chi connectivity index (χ0) is 20.3. The number of hydrogen-bond donors (Lipinski definition) is 0. The molecule has 1 rings (SSSR count). The maximum Gasteiger partial charge on any atom is 0.0608 e. The Labute approximate surface area is 178 Å². The van der Waals surface area contributed by atoms with Crippen LogP contribution in [0.1, 0.15) is 45.4 Å². The minimum Gasteiger partial charge on any atom is -0.144 e. The Balaban J connectivity index is 2.74. The summed E-state index contributed by atoms with van der Waals surface area (Å²) in [5, 5.41) is 0. The Kier molecular flexibility index (Phi) is 9.44. The molecule has 156 valence electrons. The maximum absolute atomic E-state index is 2.75.